The molecule has 9 nitrogen and oxygen atoms in total. The lowest BCUT2D eigenvalue weighted by molar-refractivity contribution is -0.274. The highest BCUT2D eigenvalue weighted by molar-refractivity contribution is 5.99. The van der Waals surface area contributed by atoms with E-state index in [1.807, 2.05) is 0 Å². The normalized spacial score (nSPS) is 11.4. The van der Waals surface area contributed by atoms with Crippen LogP contribution in [0.2, 0.25) is 0 Å². The zero-order chi connectivity index (χ0) is 26.6. The highest BCUT2D eigenvalue weighted by Gasteiger charge is 2.31. The molecule has 0 radical (unpaired) electrons. The third-order valence-electron chi connectivity index (χ3n) is 5.59. The van der Waals surface area contributed by atoms with Crippen LogP contribution in [0, 0.1) is 13.8 Å². The Hall–Kier alpha value is -4.48. The number of carbonyl (C=O) groups is 2. The van der Waals surface area contributed by atoms with Crippen LogP contribution in [0.3, 0.4) is 0 Å². The maximum atomic E-state index is 12.8. The van der Waals surface area contributed by atoms with Gasteiger partial charge in [0.15, 0.2) is 5.65 Å². The minimum absolute atomic E-state index is 0.189. The Kier molecular flexibility index (Phi) is 7.37. The number of carbonyl (C=O) groups excluding carboxylic acids is 2. The molecule has 0 aliphatic rings. The van der Waals surface area contributed by atoms with E-state index in [0.29, 0.717) is 34.6 Å². The number of nitrogens with zero attached hydrogens (tertiary/aromatic N) is 4. The molecule has 0 saturated heterocycles. The third-order valence-corrected chi connectivity index (χ3v) is 5.59. The van der Waals surface area contributed by atoms with Crippen molar-refractivity contribution in [3.63, 3.8) is 0 Å². The number of hydrogen-bond acceptors (Lipinski definition) is 6. The summed E-state index contributed by atoms with van der Waals surface area (Å²) in [5.74, 6) is -1.00. The van der Waals surface area contributed by atoms with Gasteiger partial charge in [-0.2, -0.15) is 5.10 Å². The number of pyridine rings is 1. The van der Waals surface area contributed by atoms with Gasteiger partial charge in [0.25, 0.3) is 11.8 Å². The summed E-state index contributed by atoms with van der Waals surface area (Å²) < 4.78 is 43.3. The van der Waals surface area contributed by atoms with Gasteiger partial charge < -0.3 is 15.4 Å². The van der Waals surface area contributed by atoms with E-state index < -0.39 is 12.3 Å². The molecular formula is C25H23F3N6O3. The summed E-state index contributed by atoms with van der Waals surface area (Å²) in [5, 5.41) is 9.72. The topological polar surface area (TPSA) is 111 Å². The van der Waals surface area contributed by atoms with Crippen LogP contribution < -0.4 is 15.4 Å². The van der Waals surface area contributed by atoms with Crippen LogP contribution in [0.1, 0.15) is 43.2 Å². The summed E-state index contributed by atoms with van der Waals surface area (Å²) in [7, 11) is 0. The van der Waals surface area contributed by atoms with E-state index in [4.69, 9.17) is 0 Å². The van der Waals surface area contributed by atoms with Crippen molar-refractivity contribution in [1.82, 2.24) is 30.2 Å². The fraction of sp³-hybridized carbons (Fsp3) is 0.240. The largest absolute Gasteiger partial charge is 0.573 e. The number of alkyl halides is 3. The molecule has 0 bridgehead atoms. The molecule has 4 rings (SSSR count). The van der Waals surface area contributed by atoms with Crippen molar-refractivity contribution in [2.45, 2.75) is 26.6 Å². The Balaban J connectivity index is 1.44. The molecule has 4 aromatic rings. The van der Waals surface area contributed by atoms with Crippen molar-refractivity contribution < 1.29 is 27.5 Å². The van der Waals surface area contributed by atoms with Crippen molar-refractivity contribution in [2.75, 3.05) is 13.1 Å². The first-order valence-corrected chi connectivity index (χ1v) is 11.3. The Labute approximate surface area is 209 Å². The van der Waals surface area contributed by atoms with Crippen LogP contribution in [-0.4, -0.2) is 50.8 Å². The van der Waals surface area contributed by atoms with Crippen LogP contribution >= 0.6 is 0 Å². The maximum absolute atomic E-state index is 12.8. The lowest BCUT2D eigenvalue weighted by atomic mass is 10.0. The van der Waals surface area contributed by atoms with E-state index >= 15 is 0 Å². The molecule has 1 aromatic carbocycles. The predicted molar refractivity (Wildman–Crippen MR) is 127 cm³/mol. The minimum Gasteiger partial charge on any atom is -0.406 e. The SMILES string of the molecule is Cc1nc2c(C(=O)NCCNC(=O)c3cccnc3)cnn2c(C)c1Cc1cccc(OC(F)(F)F)c1. The van der Waals surface area contributed by atoms with Crippen LogP contribution in [0.5, 0.6) is 5.75 Å². The molecule has 0 aliphatic carbocycles. The van der Waals surface area contributed by atoms with Gasteiger partial charge in [-0.15, -0.1) is 13.2 Å². The smallest absolute Gasteiger partial charge is 0.406 e. The Bertz CT molecular complexity index is 1440. The Morgan fingerprint density at radius 2 is 1.78 bits per heavy atom. The number of aryl methyl sites for hydroxylation is 2. The molecule has 192 valence electrons. The molecule has 12 heteroatoms. The zero-order valence-electron chi connectivity index (χ0n) is 20.0. The maximum Gasteiger partial charge on any atom is 0.573 e. The summed E-state index contributed by atoms with van der Waals surface area (Å²) >= 11 is 0. The van der Waals surface area contributed by atoms with Crippen molar-refractivity contribution in [2.24, 2.45) is 0 Å². The molecule has 0 saturated carbocycles. The predicted octanol–water partition coefficient (Wildman–Crippen LogP) is 3.39. The number of amides is 2. The molecule has 0 fully saturated rings. The van der Waals surface area contributed by atoms with Gasteiger partial charge in [0.05, 0.1) is 11.8 Å². The van der Waals surface area contributed by atoms with Gasteiger partial charge in [0, 0.05) is 43.3 Å². The zero-order valence-corrected chi connectivity index (χ0v) is 20.0. The van der Waals surface area contributed by atoms with E-state index in [0.717, 1.165) is 5.56 Å². The second-order valence-electron chi connectivity index (χ2n) is 8.18. The Morgan fingerprint density at radius 1 is 1.03 bits per heavy atom. The van der Waals surface area contributed by atoms with Crippen molar-refractivity contribution in [1.29, 1.82) is 0 Å². The van der Waals surface area contributed by atoms with Crippen molar-refractivity contribution >= 4 is 17.5 Å². The molecule has 2 amide bonds. The first-order valence-electron chi connectivity index (χ1n) is 11.3. The fourth-order valence-corrected chi connectivity index (χ4v) is 3.83. The second kappa shape index (κ2) is 10.6. The van der Waals surface area contributed by atoms with E-state index in [2.05, 4.69) is 30.4 Å². The van der Waals surface area contributed by atoms with Gasteiger partial charge in [-0.25, -0.2) is 9.50 Å². The van der Waals surface area contributed by atoms with E-state index in [9.17, 15) is 22.8 Å². The van der Waals surface area contributed by atoms with Gasteiger partial charge in [0.2, 0.25) is 0 Å². The number of halogens is 3. The number of hydrogen-bond donors (Lipinski definition) is 2. The highest BCUT2D eigenvalue weighted by atomic mass is 19.4. The number of ether oxygens (including phenoxy) is 1. The minimum atomic E-state index is -4.78. The standard InChI is InChI=1S/C25H23F3N6O3/c1-15-20(12-17-5-3-7-19(11-17)37-25(26,27)28)16(2)34-22(33-15)21(14-32-34)24(36)31-10-9-30-23(35)18-6-4-8-29-13-18/h3-8,11,13-14H,9-10,12H2,1-2H3,(H,30,35)(H,31,36). The third kappa shape index (κ3) is 6.21. The molecular weight excluding hydrogens is 489 g/mol. The summed E-state index contributed by atoms with van der Waals surface area (Å²) in [6.07, 6.45) is -0.0568. The van der Waals surface area contributed by atoms with Gasteiger partial charge in [-0.05, 0) is 49.2 Å². The van der Waals surface area contributed by atoms with Crippen LogP contribution in [0.25, 0.3) is 5.65 Å². The number of rotatable bonds is 8. The van der Waals surface area contributed by atoms with Crippen molar-refractivity contribution in [3.8, 4) is 5.75 Å². The fourth-order valence-electron chi connectivity index (χ4n) is 3.83. The summed E-state index contributed by atoms with van der Waals surface area (Å²) in [6.45, 7) is 3.97. The number of aromatic nitrogens is 4. The van der Waals surface area contributed by atoms with Gasteiger partial charge in [-0.3, -0.25) is 14.6 Å². The van der Waals surface area contributed by atoms with Gasteiger partial charge in [0.1, 0.15) is 11.3 Å². The Morgan fingerprint density at radius 3 is 2.49 bits per heavy atom. The second-order valence-corrected chi connectivity index (χ2v) is 8.18. The quantitative estimate of drug-likeness (QED) is 0.350. The van der Waals surface area contributed by atoms with Crippen LogP contribution in [-0.2, 0) is 6.42 Å². The molecule has 3 aromatic heterocycles. The molecule has 2 N–H and O–H groups in total. The molecule has 0 spiro atoms. The number of benzene rings is 1. The summed E-state index contributed by atoms with van der Waals surface area (Å²) in [6, 6.07) is 9.04. The lowest BCUT2D eigenvalue weighted by Gasteiger charge is -2.13. The number of nitrogens with one attached hydrogen (secondary N) is 2. The molecule has 3 heterocycles. The van der Waals surface area contributed by atoms with Crippen molar-refractivity contribution in [3.05, 3.63) is 88.6 Å². The summed E-state index contributed by atoms with van der Waals surface area (Å²) in [5.41, 5.74) is 3.72. The molecule has 37 heavy (non-hydrogen) atoms. The molecule has 0 atom stereocenters. The lowest BCUT2D eigenvalue weighted by Crippen LogP contribution is -2.34. The molecule has 0 aliphatic heterocycles. The summed E-state index contributed by atoms with van der Waals surface area (Å²) in [4.78, 5) is 33.3. The first kappa shape index (κ1) is 25.6. The monoisotopic (exact) mass is 512 g/mol. The van der Waals surface area contributed by atoms with E-state index in [1.54, 1.807) is 38.2 Å². The molecule has 0 unspecified atom stereocenters. The highest BCUT2D eigenvalue weighted by Crippen LogP contribution is 2.26. The van der Waals surface area contributed by atoms with E-state index in [1.165, 1.54) is 35.1 Å². The average molecular weight is 512 g/mol. The van der Waals surface area contributed by atoms with Gasteiger partial charge >= 0.3 is 6.36 Å². The first-order chi connectivity index (χ1) is 17.6. The van der Waals surface area contributed by atoms with Crippen LogP contribution in [0.4, 0.5) is 13.2 Å². The number of fused-ring (bicyclic) bond motifs is 1. The average Bonchev–Trinajstić information content (AvgIpc) is 3.28. The van der Waals surface area contributed by atoms with Crippen LogP contribution in [0.15, 0.2) is 55.0 Å². The van der Waals surface area contributed by atoms with Gasteiger partial charge in [-0.1, -0.05) is 12.1 Å². The van der Waals surface area contributed by atoms with E-state index in [-0.39, 0.29) is 30.3 Å².